The highest BCUT2D eigenvalue weighted by molar-refractivity contribution is 5.85. The molecule has 0 aromatic carbocycles. The minimum Gasteiger partial charge on any atom is -0.480 e. The zero-order valence-electron chi connectivity index (χ0n) is 11.1. The number of likely N-dealkylation sites (tertiary alicyclic amines) is 1. The molecule has 2 unspecified atom stereocenters. The Morgan fingerprint density at radius 1 is 1.56 bits per heavy atom. The van der Waals surface area contributed by atoms with Crippen molar-refractivity contribution in [2.45, 2.75) is 51.5 Å². The molecule has 4 heteroatoms. The van der Waals surface area contributed by atoms with Gasteiger partial charge in [0.25, 0.3) is 0 Å². The van der Waals surface area contributed by atoms with Gasteiger partial charge in [-0.25, -0.2) is 4.79 Å². The second kappa shape index (κ2) is 7.19. The number of unbranched alkanes of at least 4 members (excludes halogenated alkanes) is 3. The van der Waals surface area contributed by atoms with E-state index in [1.54, 1.807) is 6.08 Å². The average molecular weight is 253 g/mol. The summed E-state index contributed by atoms with van der Waals surface area (Å²) < 4.78 is 0. The van der Waals surface area contributed by atoms with Gasteiger partial charge in [0.05, 0.1) is 0 Å². The van der Waals surface area contributed by atoms with Crippen molar-refractivity contribution in [2.24, 2.45) is 5.92 Å². The summed E-state index contributed by atoms with van der Waals surface area (Å²) in [6.45, 7) is 6.30. The molecule has 1 amide bonds. The number of hydrogen-bond donors (Lipinski definition) is 1. The third-order valence-corrected chi connectivity index (χ3v) is 3.51. The Morgan fingerprint density at radius 2 is 2.28 bits per heavy atom. The molecule has 1 N–H and O–H groups in total. The van der Waals surface area contributed by atoms with Crippen LogP contribution in [-0.2, 0) is 9.59 Å². The van der Waals surface area contributed by atoms with Gasteiger partial charge in [-0.2, -0.15) is 0 Å². The van der Waals surface area contributed by atoms with Crippen molar-refractivity contribution < 1.29 is 14.7 Å². The summed E-state index contributed by atoms with van der Waals surface area (Å²) in [4.78, 5) is 24.6. The van der Waals surface area contributed by atoms with Crippen LogP contribution in [0.2, 0.25) is 0 Å². The van der Waals surface area contributed by atoms with Gasteiger partial charge in [0.15, 0.2) is 0 Å². The summed E-state index contributed by atoms with van der Waals surface area (Å²) in [6, 6.07) is -0.653. The smallest absolute Gasteiger partial charge is 0.326 e. The zero-order chi connectivity index (χ0) is 13.5. The molecular formula is C14H23NO3. The Balaban J connectivity index is 2.53. The van der Waals surface area contributed by atoms with Gasteiger partial charge in [0.2, 0.25) is 5.91 Å². The number of carboxylic acids is 1. The second-order valence-corrected chi connectivity index (χ2v) is 4.95. The lowest BCUT2D eigenvalue weighted by Gasteiger charge is -2.24. The van der Waals surface area contributed by atoms with Gasteiger partial charge in [0, 0.05) is 18.9 Å². The molecule has 1 heterocycles. The summed E-state index contributed by atoms with van der Waals surface area (Å²) in [6.07, 6.45) is 6.86. The molecule has 2 atom stereocenters. The van der Waals surface area contributed by atoms with Gasteiger partial charge >= 0.3 is 5.97 Å². The van der Waals surface area contributed by atoms with Crippen LogP contribution in [0.3, 0.4) is 0 Å². The maximum atomic E-state index is 11.8. The summed E-state index contributed by atoms with van der Waals surface area (Å²) in [7, 11) is 0. The highest BCUT2D eigenvalue weighted by Gasteiger charge is 2.36. The topological polar surface area (TPSA) is 57.6 Å². The number of nitrogens with zero attached hydrogens (tertiary/aromatic N) is 1. The van der Waals surface area contributed by atoms with E-state index in [0.717, 1.165) is 25.7 Å². The lowest BCUT2D eigenvalue weighted by atomic mass is 10.1. The molecular weight excluding hydrogens is 230 g/mol. The lowest BCUT2D eigenvalue weighted by molar-refractivity contribution is -0.148. The third-order valence-electron chi connectivity index (χ3n) is 3.51. The molecule has 0 radical (unpaired) electrons. The van der Waals surface area contributed by atoms with Gasteiger partial charge in [-0.1, -0.05) is 38.7 Å². The van der Waals surface area contributed by atoms with Crippen molar-refractivity contribution in [3.05, 3.63) is 12.7 Å². The van der Waals surface area contributed by atoms with E-state index in [1.807, 2.05) is 0 Å². The van der Waals surface area contributed by atoms with Crippen molar-refractivity contribution >= 4 is 11.9 Å². The average Bonchev–Trinajstić information content (AvgIpc) is 2.70. The molecule has 0 bridgehead atoms. The van der Waals surface area contributed by atoms with Gasteiger partial charge in [-0.05, 0) is 6.42 Å². The van der Waals surface area contributed by atoms with E-state index in [1.165, 1.54) is 4.90 Å². The second-order valence-electron chi connectivity index (χ2n) is 4.95. The van der Waals surface area contributed by atoms with Crippen LogP contribution in [0.15, 0.2) is 12.7 Å². The normalized spacial score (nSPS) is 21.1. The molecule has 102 valence electrons. The van der Waals surface area contributed by atoms with Crippen LogP contribution in [0, 0.1) is 5.92 Å². The Labute approximate surface area is 109 Å². The minimum absolute atomic E-state index is 0.0530. The van der Waals surface area contributed by atoms with Gasteiger partial charge in [0.1, 0.15) is 6.04 Å². The van der Waals surface area contributed by atoms with Crippen LogP contribution < -0.4 is 0 Å². The Hall–Kier alpha value is -1.32. The first-order valence-electron chi connectivity index (χ1n) is 6.75. The largest absolute Gasteiger partial charge is 0.480 e. The van der Waals surface area contributed by atoms with Crippen LogP contribution in [0.5, 0.6) is 0 Å². The van der Waals surface area contributed by atoms with E-state index < -0.39 is 12.0 Å². The molecule has 0 aromatic rings. The first-order chi connectivity index (χ1) is 8.60. The van der Waals surface area contributed by atoms with E-state index in [0.29, 0.717) is 19.4 Å². The maximum Gasteiger partial charge on any atom is 0.326 e. The SMILES string of the molecule is C=CC1CC(=O)N(C(CCCCCC)C(=O)O)C1. The molecule has 4 nitrogen and oxygen atoms in total. The number of carbonyl (C=O) groups is 2. The lowest BCUT2D eigenvalue weighted by Crippen LogP contribution is -2.42. The summed E-state index contributed by atoms with van der Waals surface area (Å²) in [5, 5.41) is 9.25. The highest BCUT2D eigenvalue weighted by Crippen LogP contribution is 2.23. The van der Waals surface area contributed by atoms with E-state index in [-0.39, 0.29) is 11.8 Å². The van der Waals surface area contributed by atoms with Crippen molar-refractivity contribution in [1.29, 1.82) is 0 Å². The number of carbonyl (C=O) groups excluding carboxylic acids is 1. The van der Waals surface area contributed by atoms with Crippen molar-refractivity contribution in [1.82, 2.24) is 4.90 Å². The summed E-state index contributed by atoms with van der Waals surface area (Å²) in [5.41, 5.74) is 0. The van der Waals surface area contributed by atoms with Gasteiger partial charge in [-0.15, -0.1) is 6.58 Å². The number of aliphatic carboxylic acids is 1. The van der Waals surface area contributed by atoms with Crippen LogP contribution in [0.25, 0.3) is 0 Å². The van der Waals surface area contributed by atoms with E-state index in [4.69, 9.17) is 0 Å². The molecule has 1 saturated heterocycles. The van der Waals surface area contributed by atoms with Crippen molar-refractivity contribution in [2.75, 3.05) is 6.54 Å². The van der Waals surface area contributed by atoms with Crippen LogP contribution in [0.4, 0.5) is 0 Å². The summed E-state index contributed by atoms with van der Waals surface area (Å²) >= 11 is 0. The molecule has 0 spiro atoms. The van der Waals surface area contributed by atoms with E-state index >= 15 is 0 Å². The van der Waals surface area contributed by atoms with Crippen molar-refractivity contribution in [3.63, 3.8) is 0 Å². The predicted molar refractivity (Wildman–Crippen MR) is 70.2 cm³/mol. The molecule has 1 fully saturated rings. The van der Waals surface area contributed by atoms with E-state index in [2.05, 4.69) is 13.5 Å². The van der Waals surface area contributed by atoms with Gasteiger partial charge < -0.3 is 10.0 Å². The summed E-state index contributed by atoms with van der Waals surface area (Å²) in [5.74, 6) is -0.831. The molecule has 0 saturated carbocycles. The standard InChI is InChI=1S/C14H23NO3/c1-3-5-6-7-8-12(14(17)18)15-10-11(4-2)9-13(15)16/h4,11-12H,2-3,5-10H2,1H3,(H,17,18). The Bertz CT molecular complexity index is 314. The number of hydrogen-bond acceptors (Lipinski definition) is 2. The number of rotatable bonds is 8. The van der Waals surface area contributed by atoms with Crippen LogP contribution in [-0.4, -0.2) is 34.5 Å². The monoisotopic (exact) mass is 253 g/mol. The fourth-order valence-electron chi connectivity index (χ4n) is 2.40. The van der Waals surface area contributed by atoms with Crippen LogP contribution in [0.1, 0.15) is 45.4 Å². The first kappa shape index (κ1) is 14.7. The molecule has 1 aliphatic heterocycles. The Kier molecular flexibility index (Phi) is 5.89. The maximum absolute atomic E-state index is 11.8. The molecule has 18 heavy (non-hydrogen) atoms. The predicted octanol–water partition coefficient (Wildman–Crippen LogP) is 2.44. The van der Waals surface area contributed by atoms with Gasteiger partial charge in [-0.3, -0.25) is 4.79 Å². The quantitative estimate of drug-likeness (QED) is 0.534. The van der Waals surface area contributed by atoms with Crippen molar-refractivity contribution in [3.8, 4) is 0 Å². The fourth-order valence-corrected chi connectivity index (χ4v) is 2.40. The third kappa shape index (κ3) is 3.86. The molecule has 1 aliphatic rings. The molecule has 1 rings (SSSR count). The fraction of sp³-hybridized carbons (Fsp3) is 0.714. The molecule has 0 aromatic heterocycles. The Morgan fingerprint density at radius 3 is 2.78 bits per heavy atom. The molecule has 0 aliphatic carbocycles. The number of carboxylic acid groups (broad SMARTS) is 1. The zero-order valence-corrected chi connectivity index (χ0v) is 11.1. The minimum atomic E-state index is -0.885. The first-order valence-corrected chi connectivity index (χ1v) is 6.75. The van der Waals surface area contributed by atoms with Crippen LogP contribution >= 0.6 is 0 Å². The number of amides is 1. The highest BCUT2D eigenvalue weighted by atomic mass is 16.4. The van der Waals surface area contributed by atoms with E-state index in [9.17, 15) is 14.7 Å².